The molecule has 3 rings (SSSR count). The maximum atomic E-state index is 11.4. The number of carbonyl (C=O) groups is 2. The minimum absolute atomic E-state index is 0. The zero-order chi connectivity index (χ0) is 21.5. The van der Waals surface area contributed by atoms with E-state index < -0.39 is 0 Å². The Morgan fingerprint density at radius 3 is 2.61 bits per heavy atom. The molecule has 3 heterocycles. The number of nitrogens with one attached hydrogen (secondary N) is 1. The highest BCUT2D eigenvalue weighted by molar-refractivity contribution is 14.0. The van der Waals surface area contributed by atoms with Crippen molar-refractivity contribution in [2.45, 2.75) is 38.6 Å². The molecule has 2 fully saturated rings. The van der Waals surface area contributed by atoms with E-state index in [1.165, 1.54) is 0 Å². The van der Waals surface area contributed by atoms with E-state index in [0.717, 1.165) is 69.2 Å². The highest BCUT2D eigenvalue weighted by Gasteiger charge is 2.26. The average Bonchev–Trinajstić information content (AvgIpc) is 2.74. The number of rotatable bonds is 6. The lowest BCUT2D eigenvalue weighted by Gasteiger charge is -2.35. The summed E-state index contributed by atoms with van der Waals surface area (Å²) in [6.45, 7) is 3.84. The van der Waals surface area contributed by atoms with Crippen molar-refractivity contribution in [3.8, 4) is 0 Å². The van der Waals surface area contributed by atoms with E-state index >= 15 is 0 Å². The number of anilines is 1. The molecule has 172 valence electrons. The van der Waals surface area contributed by atoms with Gasteiger partial charge in [-0.2, -0.15) is 0 Å². The summed E-state index contributed by atoms with van der Waals surface area (Å²) >= 11 is 0. The molecule has 0 aliphatic carbocycles. The molecule has 2 saturated heterocycles. The van der Waals surface area contributed by atoms with Crippen molar-refractivity contribution in [2.75, 3.05) is 38.1 Å². The largest absolute Gasteiger partial charge is 0.370 e. The molecule has 5 N–H and O–H groups in total. The molecule has 1 unspecified atom stereocenters. The Morgan fingerprint density at radius 1 is 1.23 bits per heavy atom. The molecule has 10 heteroatoms. The summed E-state index contributed by atoms with van der Waals surface area (Å²) in [5, 5.41) is 3.45. The molecule has 2 aliphatic rings. The van der Waals surface area contributed by atoms with Crippen LogP contribution in [0.15, 0.2) is 23.3 Å². The molecule has 0 aromatic carbocycles. The summed E-state index contributed by atoms with van der Waals surface area (Å²) in [5.41, 5.74) is 11.9. The maximum absolute atomic E-state index is 11.4. The van der Waals surface area contributed by atoms with Crippen LogP contribution in [0.3, 0.4) is 0 Å². The van der Waals surface area contributed by atoms with E-state index in [1.54, 1.807) is 13.2 Å². The monoisotopic (exact) mass is 543 g/mol. The van der Waals surface area contributed by atoms with E-state index in [2.05, 4.69) is 31.2 Å². The number of hydrogen-bond donors (Lipinski definition) is 3. The van der Waals surface area contributed by atoms with E-state index in [0.29, 0.717) is 13.0 Å². The van der Waals surface area contributed by atoms with E-state index in [-0.39, 0.29) is 47.6 Å². The molecule has 31 heavy (non-hydrogen) atoms. The number of hydrogen-bond acceptors (Lipinski definition) is 5. The van der Waals surface area contributed by atoms with Crippen molar-refractivity contribution in [1.29, 1.82) is 0 Å². The third-order valence-corrected chi connectivity index (χ3v) is 6.02. The second-order valence-electron chi connectivity index (χ2n) is 8.18. The first kappa shape index (κ1) is 25.2. The second-order valence-corrected chi connectivity index (χ2v) is 8.18. The summed E-state index contributed by atoms with van der Waals surface area (Å²) in [7, 11) is 1.78. The first-order valence-corrected chi connectivity index (χ1v) is 10.7. The van der Waals surface area contributed by atoms with Crippen LogP contribution in [0.2, 0.25) is 0 Å². The van der Waals surface area contributed by atoms with Crippen LogP contribution in [-0.4, -0.2) is 60.9 Å². The zero-order valence-corrected chi connectivity index (χ0v) is 20.5. The van der Waals surface area contributed by atoms with Crippen molar-refractivity contribution < 1.29 is 9.59 Å². The van der Waals surface area contributed by atoms with Crippen LogP contribution in [0.4, 0.5) is 5.82 Å². The smallest absolute Gasteiger partial charge is 0.220 e. The summed E-state index contributed by atoms with van der Waals surface area (Å²) in [4.78, 5) is 36.2. The predicted octanol–water partition coefficient (Wildman–Crippen LogP) is 1.06. The minimum atomic E-state index is -0.245. The number of nitrogens with two attached hydrogens (primary N) is 2. The maximum Gasteiger partial charge on any atom is 0.220 e. The van der Waals surface area contributed by atoms with Gasteiger partial charge >= 0.3 is 0 Å². The van der Waals surface area contributed by atoms with E-state index in [1.807, 2.05) is 6.07 Å². The number of piperidine rings is 2. The number of amides is 2. The quantitative estimate of drug-likeness (QED) is 0.280. The highest BCUT2D eigenvalue weighted by Crippen LogP contribution is 2.25. The number of pyridine rings is 1. The van der Waals surface area contributed by atoms with Gasteiger partial charge in [-0.1, -0.05) is 6.07 Å². The van der Waals surface area contributed by atoms with Gasteiger partial charge < -0.3 is 26.6 Å². The molecule has 9 nitrogen and oxygen atoms in total. The molecule has 1 atom stereocenters. The molecule has 0 saturated carbocycles. The lowest BCUT2D eigenvalue weighted by Crippen LogP contribution is -2.47. The fourth-order valence-corrected chi connectivity index (χ4v) is 4.44. The molecule has 2 amide bonds. The SMILES string of the molecule is CN=C(NCc1cccnc1N1CCC(C(N)=O)CC1)N1CCCC(CC(N)=O)C1.I. The average molecular weight is 543 g/mol. The number of aliphatic imine (C=N–C) groups is 1. The van der Waals surface area contributed by atoms with Crippen LogP contribution < -0.4 is 21.7 Å². The number of carbonyl (C=O) groups excluding carboxylic acids is 2. The van der Waals surface area contributed by atoms with Crippen LogP contribution in [0.1, 0.15) is 37.7 Å². The molecule has 0 bridgehead atoms. The van der Waals surface area contributed by atoms with Crippen LogP contribution in [0, 0.1) is 11.8 Å². The Labute approximate surface area is 201 Å². The summed E-state index contributed by atoms with van der Waals surface area (Å²) in [6.07, 6.45) is 5.77. The Morgan fingerprint density at radius 2 is 1.97 bits per heavy atom. The zero-order valence-electron chi connectivity index (χ0n) is 18.1. The number of aromatic nitrogens is 1. The standard InChI is InChI=1S/C21H33N7O2.HI/c1-24-21(28-9-3-4-15(14-28)12-18(22)29)26-13-17-5-2-8-25-20(17)27-10-6-16(7-11-27)19(23)30;/h2,5,8,15-16H,3-4,6-7,9-14H2,1H3,(H2,22,29)(H2,23,30)(H,24,26);1H. The summed E-state index contributed by atoms with van der Waals surface area (Å²) in [5.74, 6) is 1.54. The van der Waals surface area contributed by atoms with Gasteiger partial charge in [0.25, 0.3) is 0 Å². The number of nitrogens with zero attached hydrogens (tertiary/aromatic N) is 4. The van der Waals surface area contributed by atoms with Gasteiger partial charge in [0.2, 0.25) is 11.8 Å². The van der Waals surface area contributed by atoms with Gasteiger partial charge in [-0.3, -0.25) is 14.6 Å². The number of guanidine groups is 1. The van der Waals surface area contributed by atoms with Gasteiger partial charge in [-0.15, -0.1) is 24.0 Å². The minimum Gasteiger partial charge on any atom is -0.370 e. The van der Waals surface area contributed by atoms with Crippen molar-refractivity contribution in [1.82, 2.24) is 15.2 Å². The fourth-order valence-electron chi connectivity index (χ4n) is 4.44. The second kappa shape index (κ2) is 12.1. The molecule has 1 aromatic rings. The third kappa shape index (κ3) is 6.94. The number of primary amides is 2. The third-order valence-electron chi connectivity index (χ3n) is 6.02. The lowest BCUT2D eigenvalue weighted by molar-refractivity contribution is -0.122. The van der Waals surface area contributed by atoms with Gasteiger partial charge in [0, 0.05) is 63.9 Å². The van der Waals surface area contributed by atoms with E-state index in [4.69, 9.17) is 11.5 Å². The first-order valence-electron chi connectivity index (χ1n) is 10.7. The fraction of sp³-hybridized carbons (Fsp3) is 0.619. The van der Waals surface area contributed by atoms with Gasteiger partial charge in [0.15, 0.2) is 5.96 Å². The van der Waals surface area contributed by atoms with Crippen molar-refractivity contribution >= 4 is 47.6 Å². The Balaban J connectivity index is 0.00000341. The normalized spacial score (nSPS) is 20.2. The van der Waals surface area contributed by atoms with Crippen molar-refractivity contribution in [2.24, 2.45) is 28.3 Å². The number of halogens is 1. The topological polar surface area (TPSA) is 130 Å². The Bertz CT molecular complexity index is 781. The van der Waals surface area contributed by atoms with Gasteiger partial charge in [0.05, 0.1) is 0 Å². The summed E-state index contributed by atoms with van der Waals surface area (Å²) < 4.78 is 0. The molecule has 2 aliphatic heterocycles. The number of likely N-dealkylation sites (tertiary alicyclic amines) is 1. The molecule has 0 spiro atoms. The molecular weight excluding hydrogens is 509 g/mol. The van der Waals surface area contributed by atoms with Crippen LogP contribution in [-0.2, 0) is 16.1 Å². The molecule has 1 aromatic heterocycles. The van der Waals surface area contributed by atoms with Crippen molar-refractivity contribution in [3.63, 3.8) is 0 Å². The van der Waals surface area contributed by atoms with Crippen LogP contribution >= 0.6 is 24.0 Å². The highest BCUT2D eigenvalue weighted by atomic mass is 127. The van der Waals surface area contributed by atoms with E-state index in [9.17, 15) is 9.59 Å². The Kier molecular flexibility index (Phi) is 9.79. The van der Waals surface area contributed by atoms with Gasteiger partial charge in [-0.25, -0.2) is 4.98 Å². The first-order chi connectivity index (χ1) is 14.5. The summed E-state index contributed by atoms with van der Waals surface area (Å²) in [6, 6.07) is 4.00. The Hall–Kier alpha value is -2.11. The van der Waals surface area contributed by atoms with Crippen molar-refractivity contribution in [3.05, 3.63) is 23.9 Å². The molecular formula is C21H34IN7O2. The van der Waals surface area contributed by atoms with Gasteiger partial charge in [0.1, 0.15) is 5.82 Å². The predicted molar refractivity (Wildman–Crippen MR) is 132 cm³/mol. The van der Waals surface area contributed by atoms with Crippen LogP contribution in [0.5, 0.6) is 0 Å². The van der Waals surface area contributed by atoms with Crippen LogP contribution in [0.25, 0.3) is 0 Å². The lowest BCUT2D eigenvalue weighted by atomic mass is 9.95. The molecule has 0 radical (unpaired) electrons. The van der Waals surface area contributed by atoms with Gasteiger partial charge in [-0.05, 0) is 37.7 Å².